The van der Waals surface area contributed by atoms with Gasteiger partial charge in [-0.15, -0.1) is 5.73 Å². The molecule has 0 radical (unpaired) electrons. The molecule has 0 saturated carbocycles. The fourth-order valence-corrected chi connectivity index (χ4v) is 0.164. The van der Waals surface area contributed by atoms with Crippen molar-refractivity contribution in [1.29, 1.82) is 0 Å². The summed E-state index contributed by atoms with van der Waals surface area (Å²) in [6, 6.07) is 0. The number of hydrogen-bond acceptors (Lipinski definition) is 0. The Hall–Kier alpha value is -0.740. The lowest BCUT2D eigenvalue weighted by Crippen LogP contribution is -1.32. The Kier molecular flexibility index (Phi) is 3.73. The highest BCUT2D eigenvalue weighted by Crippen LogP contribution is 1.63. The second kappa shape index (κ2) is 4.26. The van der Waals surface area contributed by atoms with Crippen molar-refractivity contribution in [2.24, 2.45) is 0 Å². The van der Waals surface area contributed by atoms with Gasteiger partial charge < -0.3 is 0 Å². The van der Waals surface area contributed by atoms with Crippen molar-refractivity contribution in [3.63, 3.8) is 0 Å². The van der Waals surface area contributed by atoms with Gasteiger partial charge in [-0.05, 0) is 19.1 Å². The number of allylic oxidation sites excluding steroid dienone is 2. The highest BCUT2D eigenvalue weighted by molar-refractivity contribution is 4.95. The van der Waals surface area contributed by atoms with Crippen LogP contribution in [-0.2, 0) is 0 Å². The van der Waals surface area contributed by atoms with Crippen molar-refractivity contribution >= 4 is 0 Å². The summed E-state index contributed by atoms with van der Waals surface area (Å²) in [6.07, 6.45) is 5.29. The summed E-state index contributed by atoms with van der Waals surface area (Å²) < 4.78 is 0. The van der Waals surface area contributed by atoms with Crippen LogP contribution in [-0.4, -0.2) is 0 Å². The van der Waals surface area contributed by atoms with Gasteiger partial charge in [0.25, 0.3) is 0 Å². The molecule has 0 bridgehead atoms. The molecule has 0 nitrogen and oxygen atoms in total. The third kappa shape index (κ3) is 3.26. The first-order chi connectivity index (χ1) is 2.91. The Bertz CT molecular complexity index is 82.2. The van der Waals surface area contributed by atoms with Crippen molar-refractivity contribution in [2.75, 3.05) is 0 Å². The van der Waals surface area contributed by atoms with Crippen LogP contribution in [0.5, 0.6) is 0 Å². The molecule has 0 spiro atoms. The molecule has 6 heavy (non-hydrogen) atoms. The van der Waals surface area contributed by atoms with Crippen molar-refractivity contribution in [3.8, 4) is 0 Å². The van der Waals surface area contributed by atoms with Crippen LogP contribution in [0.1, 0.15) is 6.92 Å². The third-order valence-electron chi connectivity index (χ3n) is 0.381. The molecule has 0 aliphatic carbocycles. The minimum absolute atomic E-state index is 1.69. The quantitative estimate of drug-likeness (QED) is 0.333. The Morgan fingerprint density at radius 2 is 2.33 bits per heavy atom. The molecule has 0 rings (SSSR count). The molecule has 0 aromatic rings. The molecule has 0 aliphatic rings. The van der Waals surface area contributed by atoms with E-state index in [1.807, 2.05) is 13.0 Å². The molecule has 0 saturated heterocycles. The average Bonchev–Trinajstić information content (AvgIpc) is 1.61. The molecule has 0 unspecified atom stereocenters. The Morgan fingerprint density at radius 1 is 1.67 bits per heavy atom. The zero-order valence-corrected chi connectivity index (χ0v) is 3.94. The van der Waals surface area contributed by atoms with Gasteiger partial charge in [-0.3, -0.25) is 0 Å². The lowest BCUT2D eigenvalue weighted by Gasteiger charge is -1.53. The zero-order chi connectivity index (χ0) is 4.83. The van der Waals surface area contributed by atoms with Gasteiger partial charge in [0.05, 0.1) is 0 Å². The molecule has 0 aromatic heterocycles. The van der Waals surface area contributed by atoms with E-state index in [2.05, 4.69) is 12.3 Å². The van der Waals surface area contributed by atoms with Crippen molar-refractivity contribution in [3.05, 3.63) is 30.5 Å². The minimum atomic E-state index is 1.69. The molecule has 0 amide bonds. The predicted octanol–water partition coefficient (Wildman–Crippen LogP) is 1.90. The average molecular weight is 80.1 g/mol. The molecular formula is C6H8. The summed E-state index contributed by atoms with van der Waals surface area (Å²) >= 11 is 0. The van der Waals surface area contributed by atoms with E-state index in [9.17, 15) is 0 Å². The van der Waals surface area contributed by atoms with Crippen molar-refractivity contribution in [2.45, 2.75) is 6.92 Å². The van der Waals surface area contributed by atoms with Crippen LogP contribution >= 0.6 is 0 Å². The zero-order valence-electron chi connectivity index (χ0n) is 3.94. The largest absolute Gasteiger partial charge is 0.126 e. The Morgan fingerprint density at radius 3 is 2.50 bits per heavy atom. The second-order valence-electron chi connectivity index (χ2n) is 0.858. The maximum atomic E-state index is 3.46. The summed E-state index contributed by atoms with van der Waals surface area (Å²) in [5.41, 5.74) is 2.83. The molecule has 0 N–H and O–H groups in total. The molecule has 0 fully saturated rings. The monoisotopic (exact) mass is 80.1 g/mol. The smallest absolute Gasteiger partial charge is 0.0209 e. The summed E-state index contributed by atoms with van der Waals surface area (Å²) in [7, 11) is 0. The number of hydrogen-bond donors (Lipinski definition) is 0. The highest BCUT2D eigenvalue weighted by atomic mass is 13.5. The van der Waals surface area contributed by atoms with Crippen LogP contribution in [0, 0.1) is 0 Å². The van der Waals surface area contributed by atoms with Crippen molar-refractivity contribution in [1.82, 2.24) is 0 Å². The molecule has 0 heteroatoms. The van der Waals surface area contributed by atoms with Gasteiger partial charge in [-0.2, -0.15) is 0 Å². The van der Waals surface area contributed by atoms with E-state index in [-0.39, 0.29) is 0 Å². The van der Waals surface area contributed by atoms with E-state index in [1.54, 1.807) is 12.2 Å². The van der Waals surface area contributed by atoms with Crippen LogP contribution < -0.4 is 0 Å². The Balaban J connectivity index is 3.46. The van der Waals surface area contributed by atoms with E-state index < -0.39 is 0 Å². The molecule has 32 valence electrons. The predicted molar refractivity (Wildman–Crippen MR) is 28.5 cm³/mol. The summed E-state index contributed by atoms with van der Waals surface area (Å²) in [4.78, 5) is 0. The van der Waals surface area contributed by atoms with Crippen LogP contribution in [0.3, 0.4) is 0 Å². The Labute approximate surface area is 38.5 Å². The molecule has 0 atom stereocenters. The fourth-order valence-electron chi connectivity index (χ4n) is 0.164. The first-order valence-corrected chi connectivity index (χ1v) is 1.90. The van der Waals surface area contributed by atoms with E-state index in [0.29, 0.717) is 0 Å². The summed E-state index contributed by atoms with van der Waals surface area (Å²) in [5.74, 6) is 0. The topological polar surface area (TPSA) is 0 Å². The van der Waals surface area contributed by atoms with Gasteiger partial charge in [0.2, 0.25) is 0 Å². The fraction of sp³-hybridized carbons (Fsp3) is 0.167. The highest BCUT2D eigenvalue weighted by Gasteiger charge is 1.42. The summed E-state index contributed by atoms with van der Waals surface area (Å²) in [6.45, 7) is 5.38. The molecular weight excluding hydrogens is 72.1 g/mol. The van der Waals surface area contributed by atoms with Crippen LogP contribution in [0.25, 0.3) is 0 Å². The van der Waals surface area contributed by atoms with Gasteiger partial charge >= 0.3 is 0 Å². The SMILES string of the molecule is C=CC=C=CC. The van der Waals surface area contributed by atoms with Crippen molar-refractivity contribution < 1.29 is 0 Å². The minimum Gasteiger partial charge on any atom is -0.126 e. The standard InChI is InChI=1S/C6H8/c1-3-5-6-4-2/h3-5H,1H2,2H3. The van der Waals surface area contributed by atoms with E-state index in [4.69, 9.17) is 0 Å². The maximum Gasteiger partial charge on any atom is -0.0209 e. The van der Waals surface area contributed by atoms with Crippen LogP contribution in [0.2, 0.25) is 0 Å². The van der Waals surface area contributed by atoms with E-state index >= 15 is 0 Å². The number of rotatable bonds is 1. The first-order valence-electron chi connectivity index (χ1n) is 1.90. The van der Waals surface area contributed by atoms with Crippen LogP contribution in [0.15, 0.2) is 30.5 Å². The van der Waals surface area contributed by atoms with Gasteiger partial charge in [-0.1, -0.05) is 12.7 Å². The molecule has 0 aromatic carbocycles. The molecule has 0 aliphatic heterocycles. The van der Waals surface area contributed by atoms with Crippen LogP contribution in [0.4, 0.5) is 0 Å². The third-order valence-corrected chi connectivity index (χ3v) is 0.381. The molecule has 0 heterocycles. The van der Waals surface area contributed by atoms with Gasteiger partial charge in [0.15, 0.2) is 0 Å². The first kappa shape index (κ1) is 5.26. The lowest BCUT2D eigenvalue weighted by atomic mass is 10.5. The van der Waals surface area contributed by atoms with E-state index in [0.717, 1.165) is 0 Å². The van der Waals surface area contributed by atoms with E-state index in [1.165, 1.54) is 0 Å². The van der Waals surface area contributed by atoms with Gasteiger partial charge in [0, 0.05) is 0 Å². The lowest BCUT2D eigenvalue weighted by molar-refractivity contribution is 1.77. The normalized spacial score (nSPS) is 5.50. The second-order valence-corrected chi connectivity index (χ2v) is 0.858. The van der Waals surface area contributed by atoms with Gasteiger partial charge in [-0.25, -0.2) is 0 Å². The summed E-state index contributed by atoms with van der Waals surface area (Å²) in [5, 5.41) is 0. The van der Waals surface area contributed by atoms with Gasteiger partial charge in [0.1, 0.15) is 0 Å². The maximum absolute atomic E-state index is 3.46.